The Labute approximate surface area is 170 Å². The Bertz CT molecular complexity index is 939. The average molecular weight is 421 g/mol. The van der Waals surface area contributed by atoms with Crippen LogP contribution in [0.1, 0.15) is 32.3 Å². The van der Waals surface area contributed by atoms with E-state index in [0.717, 1.165) is 11.8 Å². The Morgan fingerprint density at radius 1 is 1.14 bits per heavy atom. The highest BCUT2D eigenvalue weighted by Gasteiger charge is 2.43. The number of nitrogens with zero attached hydrogens (tertiary/aromatic N) is 2. The zero-order valence-electron chi connectivity index (χ0n) is 16.0. The summed E-state index contributed by atoms with van der Waals surface area (Å²) < 4.78 is 5.19. The minimum atomic E-state index is -1.28. The van der Waals surface area contributed by atoms with E-state index in [4.69, 9.17) is 4.74 Å². The Morgan fingerprint density at radius 3 is 2.38 bits per heavy atom. The smallest absolute Gasteiger partial charge is 0.337 e. The zero-order chi connectivity index (χ0) is 21.7. The second kappa shape index (κ2) is 9.32. The first-order valence-electron chi connectivity index (χ1n) is 8.51. The molecule has 11 heteroatoms. The van der Waals surface area contributed by atoms with Gasteiger partial charge in [-0.3, -0.25) is 25.0 Å². The van der Waals surface area contributed by atoms with Crippen LogP contribution < -0.4 is 5.32 Å². The highest BCUT2D eigenvalue weighted by molar-refractivity contribution is 8.13. The number of ether oxygens (including phenoxy) is 1. The zero-order valence-corrected chi connectivity index (χ0v) is 16.8. The minimum Gasteiger partial charge on any atom is -0.461 e. The number of carbonyl (C=O) groups is 2. The first-order chi connectivity index (χ1) is 13.6. The molecule has 0 saturated carbocycles. The van der Waals surface area contributed by atoms with Crippen LogP contribution in [0.15, 0.2) is 46.9 Å². The summed E-state index contributed by atoms with van der Waals surface area (Å²) in [5, 5.41) is 25.9. The molecule has 1 unspecified atom stereocenters. The van der Waals surface area contributed by atoms with E-state index in [1.165, 1.54) is 38.1 Å². The molecule has 29 heavy (non-hydrogen) atoms. The van der Waals surface area contributed by atoms with Crippen LogP contribution in [0.4, 0.5) is 5.69 Å². The Morgan fingerprint density at radius 2 is 1.79 bits per heavy atom. The fourth-order valence-electron chi connectivity index (χ4n) is 3.09. The second-order valence-electron chi connectivity index (χ2n) is 6.16. The first-order valence-corrected chi connectivity index (χ1v) is 9.50. The van der Waals surface area contributed by atoms with Crippen LogP contribution in [0.2, 0.25) is 0 Å². The van der Waals surface area contributed by atoms with Crippen molar-refractivity contribution >= 4 is 28.5 Å². The molecule has 0 radical (unpaired) electrons. The van der Waals surface area contributed by atoms with Gasteiger partial charge in [-0.15, -0.1) is 0 Å². The molecule has 0 amide bonds. The van der Waals surface area contributed by atoms with Gasteiger partial charge in [0.1, 0.15) is 12.5 Å². The van der Waals surface area contributed by atoms with Gasteiger partial charge in [-0.1, -0.05) is 30.0 Å². The lowest BCUT2D eigenvalue weighted by Gasteiger charge is -2.26. The molecule has 10 nitrogen and oxygen atoms in total. The average Bonchev–Trinajstić information content (AvgIpc) is 2.63. The number of rotatable bonds is 7. The number of dihydropyridines is 1. The quantitative estimate of drug-likeness (QED) is 0.304. The van der Waals surface area contributed by atoms with E-state index in [2.05, 4.69) is 5.32 Å². The topological polar surface area (TPSA) is 142 Å². The van der Waals surface area contributed by atoms with E-state index in [1.54, 1.807) is 6.92 Å². The number of hydrogen-bond donors (Lipinski definition) is 1. The summed E-state index contributed by atoms with van der Waals surface area (Å²) in [6.45, 7) is 4.31. The standard InChI is InChI=1S/C18H19N3O7S/c1-10-15(18(23)28-8-9-29-12(3)22)16(17(21(26)27)11(2)19-10)13-6-4-5-7-14(13)20(24)25/h4-7,16,19H,8-9H2,1-3H3. The Kier molecular flexibility index (Phi) is 7.10. The Balaban J connectivity index is 2.52. The summed E-state index contributed by atoms with van der Waals surface area (Å²) in [5.74, 6) is -1.89. The molecule has 1 aromatic rings. The monoisotopic (exact) mass is 421 g/mol. The molecule has 0 bridgehead atoms. The van der Waals surface area contributed by atoms with Crippen LogP contribution in [0.3, 0.4) is 0 Å². The van der Waals surface area contributed by atoms with Crippen molar-refractivity contribution in [1.29, 1.82) is 0 Å². The fraction of sp³-hybridized carbons (Fsp3) is 0.333. The third-order valence-electron chi connectivity index (χ3n) is 4.21. The molecule has 1 atom stereocenters. The summed E-state index contributed by atoms with van der Waals surface area (Å²) in [6, 6.07) is 5.57. The van der Waals surface area contributed by atoms with Gasteiger partial charge < -0.3 is 10.1 Å². The maximum atomic E-state index is 12.8. The lowest BCUT2D eigenvalue weighted by molar-refractivity contribution is -0.431. The van der Waals surface area contributed by atoms with E-state index in [0.29, 0.717) is 5.70 Å². The molecule has 1 aliphatic heterocycles. The molecular weight excluding hydrogens is 402 g/mol. The van der Waals surface area contributed by atoms with Crippen LogP contribution >= 0.6 is 11.8 Å². The number of hydrogen-bond acceptors (Lipinski definition) is 9. The highest BCUT2D eigenvalue weighted by atomic mass is 32.2. The van der Waals surface area contributed by atoms with Crippen molar-refractivity contribution in [2.45, 2.75) is 26.7 Å². The minimum absolute atomic E-state index is 0.0226. The normalized spacial score (nSPS) is 16.3. The second-order valence-corrected chi connectivity index (χ2v) is 7.43. The lowest BCUT2D eigenvalue weighted by Crippen LogP contribution is -2.32. The lowest BCUT2D eigenvalue weighted by atomic mass is 9.83. The van der Waals surface area contributed by atoms with Gasteiger partial charge in [-0.2, -0.15) is 0 Å². The van der Waals surface area contributed by atoms with Crippen LogP contribution in [-0.4, -0.2) is 33.3 Å². The van der Waals surface area contributed by atoms with Crippen molar-refractivity contribution in [2.24, 2.45) is 0 Å². The molecule has 1 N–H and O–H groups in total. The van der Waals surface area contributed by atoms with Crippen molar-refractivity contribution in [3.05, 3.63) is 72.7 Å². The summed E-state index contributed by atoms with van der Waals surface area (Å²) in [4.78, 5) is 45.7. The predicted octanol–water partition coefficient (Wildman–Crippen LogP) is 2.89. The van der Waals surface area contributed by atoms with E-state index in [9.17, 15) is 29.8 Å². The number of benzene rings is 1. The molecule has 1 aromatic carbocycles. The van der Waals surface area contributed by atoms with Gasteiger partial charge in [0.25, 0.3) is 11.4 Å². The van der Waals surface area contributed by atoms with E-state index in [1.807, 2.05) is 0 Å². The number of carbonyl (C=O) groups excluding carboxylic acids is 2. The Hall–Kier alpha value is -3.21. The largest absolute Gasteiger partial charge is 0.461 e. The third-order valence-corrected chi connectivity index (χ3v) is 4.99. The molecule has 1 heterocycles. The molecule has 154 valence electrons. The van der Waals surface area contributed by atoms with E-state index >= 15 is 0 Å². The van der Waals surface area contributed by atoms with Crippen LogP contribution in [0.25, 0.3) is 0 Å². The maximum Gasteiger partial charge on any atom is 0.337 e. The van der Waals surface area contributed by atoms with Crippen LogP contribution in [-0.2, 0) is 14.3 Å². The molecule has 2 rings (SSSR count). The first kappa shape index (κ1) is 22.1. The van der Waals surface area contributed by atoms with Gasteiger partial charge in [0.15, 0.2) is 5.12 Å². The summed E-state index contributed by atoms with van der Waals surface area (Å²) >= 11 is 0.975. The molecule has 0 fully saturated rings. The highest BCUT2D eigenvalue weighted by Crippen LogP contribution is 2.42. The van der Waals surface area contributed by atoms with Crippen LogP contribution in [0.5, 0.6) is 0 Å². The number of nitro groups is 2. The number of esters is 1. The number of nitrogens with one attached hydrogen (secondary N) is 1. The molecule has 1 aliphatic rings. The fourth-order valence-corrected chi connectivity index (χ4v) is 3.55. The number of nitro benzene ring substituents is 1. The SMILES string of the molecule is CC(=O)SCCOC(=O)C1=C(C)NC(C)=C([N+](=O)[O-])C1c1ccccc1[N+](=O)[O-]. The number of thioether (sulfide) groups is 1. The molecule has 0 aliphatic carbocycles. The maximum absolute atomic E-state index is 12.8. The summed E-state index contributed by atoms with van der Waals surface area (Å²) in [7, 11) is 0. The number of para-hydroxylation sites is 1. The summed E-state index contributed by atoms with van der Waals surface area (Å²) in [6.07, 6.45) is 0. The van der Waals surface area contributed by atoms with Gasteiger partial charge in [0.05, 0.1) is 21.1 Å². The number of allylic oxidation sites excluding steroid dienone is 3. The van der Waals surface area contributed by atoms with Gasteiger partial charge in [-0.25, -0.2) is 4.79 Å². The van der Waals surface area contributed by atoms with Gasteiger partial charge in [0.2, 0.25) is 0 Å². The van der Waals surface area contributed by atoms with Gasteiger partial charge >= 0.3 is 5.97 Å². The predicted molar refractivity (Wildman–Crippen MR) is 105 cm³/mol. The van der Waals surface area contributed by atoms with Gasteiger partial charge in [0, 0.05) is 30.0 Å². The summed E-state index contributed by atoms with van der Waals surface area (Å²) in [5.41, 5.74) is -0.273. The molecule has 0 spiro atoms. The van der Waals surface area contributed by atoms with E-state index < -0.39 is 21.7 Å². The van der Waals surface area contributed by atoms with Crippen LogP contribution in [0, 0.1) is 20.2 Å². The van der Waals surface area contributed by atoms with Crippen molar-refractivity contribution < 1.29 is 24.2 Å². The van der Waals surface area contributed by atoms with Crippen molar-refractivity contribution in [2.75, 3.05) is 12.4 Å². The van der Waals surface area contributed by atoms with Crippen molar-refractivity contribution in [1.82, 2.24) is 5.32 Å². The molecule has 0 aromatic heterocycles. The van der Waals surface area contributed by atoms with Gasteiger partial charge in [-0.05, 0) is 13.8 Å². The van der Waals surface area contributed by atoms with Crippen molar-refractivity contribution in [3.63, 3.8) is 0 Å². The molecule has 0 saturated heterocycles. The van der Waals surface area contributed by atoms with E-state index in [-0.39, 0.29) is 45.7 Å². The molecular formula is C18H19N3O7S. The third kappa shape index (κ3) is 4.99. The van der Waals surface area contributed by atoms with Crippen molar-refractivity contribution in [3.8, 4) is 0 Å².